The first-order chi connectivity index (χ1) is 10.6. The summed E-state index contributed by atoms with van der Waals surface area (Å²) in [5.41, 5.74) is 0.975. The Morgan fingerprint density at radius 3 is 3.09 bits per heavy atom. The van der Waals surface area contributed by atoms with E-state index in [1.807, 2.05) is 29.2 Å². The van der Waals surface area contributed by atoms with Crippen LogP contribution in [0, 0.1) is 0 Å². The molecule has 2 atom stereocenters. The number of amides is 1. The Bertz CT molecular complexity index is 521. The van der Waals surface area contributed by atoms with Crippen LogP contribution in [0.1, 0.15) is 24.9 Å². The van der Waals surface area contributed by atoms with Crippen LogP contribution in [0.15, 0.2) is 36.9 Å². The molecule has 1 amide bonds. The molecule has 0 aromatic heterocycles. The zero-order chi connectivity index (χ0) is 15.9. The maximum Gasteiger partial charge on any atom is 0.252 e. The van der Waals surface area contributed by atoms with Gasteiger partial charge in [0.15, 0.2) is 0 Å². The Labute approximate surface area is 137 Å². The van der Waals surface area contributed by atoms with Crippen LogP contribution in [0.4, 0.5) is 0 Å². The molecule has 22 heavy (non-hydrogen) atoms. The molecular weight excluding hydrogens is 300 g/mol. The van der Waals surface area contributed by atoms with Gasteiger partial charge < -0.3 is 15.0 Å². The maximum absolute atomic E-state index is 12.7. The van der Waals surface area contributed by atoms with E-state index in [1.165, 1.54) is 0 Å². The van der Waals surface area contributed by atoms with Gasteiger partial charge in [-0.2, -0.15) is 0 Å². The van der Waals surface area contributed by atoms with Gasteiger partial charge in [0.05, 0.1) is 12.6 Å². The van der Waals surface area contributed by atoms with Gasteiger partial charge in [0.2, 0.25) is 0 Å². The van der Waals surface area contributed by atoms with Crippen molar-refractivity contribution in [1.29, 1.82) is 0 Å². The fourth-order valence-electron chi connectivity index (χ4n) is 2.62. The SMILES string of the molecule is C=CCCOC(C)C(=O)N1CCNCC1c1ccccc1Cl. The van der Waals surface area contributed by atoms with Gasteiger partial charge in [0, 0.05) is 24.7 Å². The number of halogens is 1. The lowest BCUT2D eigenvalue weighted by Gasteiger charge is -2.38. The van der Waals surface area contributed by atoms with Crippen molar-refractivity contribution < 1.29 is 9.53 Å². The minimum Gasteiger partial charge on any atom is -0.368 e. The summed E-state index contributed by atoms with van der Waals surface area (Å²) in [5.74, 6) is 0.00971. The fraction of sp³-hybridized carbons (Fsp3) is 0.471. The van der Waals surface area contributed by atoms with E-state index in [4.69, 9.17) is 16.3 Å². The van der Waals surface area contributed by atoms with E-state index in [2.05, 4.69) is 11.9 Å². The van der Waals surface area contributed by atoms with Gasteiger partial charge in [-0.05, 0) is 25.0 Å². The van der Waals surface area contributed by atoms with Crippen molar-refractivity contribution in [2.75, 3.05) is 26.2 Å². The van der Waals surface area contributed by atoms with Crippen LogP contribution in [-0.2, 0) is 9.53 Å². The summed E-state index contributed by atoms with van der Waals surface area (Å²) in [7, 11) is 0. The van der Waals surface area contributed by atoms with Crippen molar-refractivity contribution in [3.8, 4) is 0 Å². The molecule has 2 rings (SSSR count). The summed E-state index contributed by atoms with van der Waals surface area (Å²) in [6.07, 6.45) is 2.07. The van der Waals surface area contributed by atoms with E-state index in [-0.39, 0.29) is 11.9 Å². The third kappa shape index (κ3) is 4.09. The van der Waals surface area contributed by atoms with Gasteiger partial charge >= 0.3 is 0 Å². The van der Waals surface area contributed by atoms with Crippen molar-refractivity contribution in [1.82, 2.24) is 10.2 Å². The monoisotopic (exact) mass is 322 g/mol. The van der Waals surface area contributed by atoms with E-state index in [1.54, 1.807) is 13.0 Å². The number of ether oxygens (including phenoxy) is 1. The topological polar surface area (TPSA) is 41.6 Å². The van der Waals surface area contributed by atoms with E-state index in [0.29, 0.717) is 24.7 Å². The molecule has 1 heterocycles. The van der Waals surface area contributed by atoms with Gasteiger partial charge in [-0.25, -0.2) is 0 Å². The van der Waals surface area contributed by atoms with Gasteiger partial charge in [0.25, 0.3) is 5.91 Å². The number of hydrogen-bond acceptors (Lipinski definition) is 3. The Balaban J connectivity index is 2.11. The molecule has 5 heteroatoms. The number of carbonyl (C=O) groups excluding carboxylic acids is 1. The van der Waals surface area contributed by atoms with Gasteiger partial charge in [-0.1, -0.05) is 35.9 Å². The molecule has 1 aliphatic rings. The number of carbonyl (C=O) groups is 1. The average Bonchev–Trinajstić information content (AvgIpc) is 2.55. The molecule has 0 spiro atoms. The first kappa shape index (κ1) is 17.0. The van der Waals surface area contributed by atoms with Gasteiger partial charge in [0.1, 0.15) is 6.10 Å². The molecule has 2 unspecified atom stereocenters. The van der Waals surface area contributed by atoms with Crippen LogP contribution in [0.3, 0.4) is 0 Å². The lowest BCUT2D eigenvalue weighted by Crippen LogP contribution is -2.51. The zero-order valence-corrected chi connectivity index (χ0v) is 13.7. The highest BCUT2D eigenvalue weighted by molar-refractivity contribution is 6.31. The third-order valence-electron chi connectivity index (χ3n) is 3.83. The molecule has 120 valence electrons. The number of rotatable bonds is 6. The highest BCUT2D eigenvalue weighted by atomic mass is 35.5. The minimum atomic E-state index is -0.456. The molecular formula is C17H23ClN2O2. The molecule has 1 aliphatic heterocycles. The summed E-state index contributed by atoms with van der Waals surface area (Å²) in [4.78, 5) is 14.6. The van der Waals surface area contributed by atoms with E-state index < -0.39 is 6.10 Å². The van der Waals surface area contributed by atoms with Crippen molar-refractivity contribution in [2.24, 2.45) is 0 Å². The van der Waals surface area contributed by atoms with Gasteiger partial charge in [-0.15, -0.1) is 6.58 Å². The van der Waals surface area contributed by atoms with Crippen molar-refractivity contribution in [3.05, 3.63) is 47.5 Å². The Hall–Kier alpha value is -1.36. The molecule has 0 bridgehead atoms. The zero-order valence-electron chi connectivity index (χ0n) is 12.9. The normalized spacial score (nSPS) is 19.7. The number of nitrogens with zero attached hydrogens (tertiary/aromatic N) is 1. The Kier molecular flexibility index (Phi) is 6.43. The van der Waals surface area contributed by atoms with Crippen molar-refractivity contribution in [2.45, 2.75) is 25.5 Å². The highest BCUT2D eigenvalue weighted by Crippen LogP contribution is 2.29. The first-order valence-electron chi connectivity index (χ1n) is 7.63. The molecule has 1 saturated heterocycles. The quantitative estimate of drug-likeness (QED) is 0.647. The van der Waals surface area contributed by atoms with Crippen molar-refractivity contribution in [3.63, 3.8) is 0 Å². The largest absolute Gasteiger partial charge is 0.368 e. The number of piperazine rings is 1. The second kappa shape index (κ2) is 8.32. The lowest BCUT2D eigenvalue weighted by atomic mass is 10.0. The van der Waals surface area contributed by atoms with Crippen LogP contribution in [0.25, 0.3) is 0 Å². The fourth-order valence-corrected chi connectivity index (χ4v) is 2.89. The summed E-state index contributed by atoms with van der Waals surface area (Å²) in [6, 6.07) is 7.62. The van der Waals surface area contributed by atoms with Crippen LogP contribution >= 0.6 is 11.6 Å². The molecule has 0 saturated carbocycles. The predicted molar refractivity (Wildman–Crippen MR) is 89.0 cm³/mol. The summed E-state index contributed by atoms with van der Waals surface area (Å²) >= 11 is 6.30. The summed E-state index contributed by atoms with van der Waals surface area (Å²) < 4.78 is 5.60. The summed E-state index contributed by atoms with van der Waals surface area (Å²) in [6.45, 7) is 8.11. The Morgan fingerprint density at radius 2 is 2.36 bits per heavy atom. The molecule has 0 radical (unpaired) electrons. The van der Waals surface area contributed by atoms with Crippen LogP contribution in [0.5, 0.6) is 0 Å². The van der Waals surface area contributed by atoms with Crippen LogP contribution < -0.4 is 5.32 Å². The smallest absolute Gasteiger partial charge is 0.252 e. The highest BCUT2D eigenvalue weighted by Gasteiger charge is 2.31. The number of nitrogens with one attached hydrogen (secondary N) is 1. The molecule has 0 aliphatic carbocycles. The van der Waals surface area contributed by atoms with Crippen LogP contribution in [0.2, 0.25) is 5.02 Å². The maximum atomic E-state index is 12.7. The Morgan fingerprint density at radius 1 is 1.59 bits per heavy atom. The molecule has 1 aromatic carbocycles. The predicted octanol–water partition coefficient (Wildman–Crippen LogP) is 2.79. The number of benzene rings is 1. The second-order valence-electron chi connectivity index (χ2n) is 5.36. The van der Waals surface area contributed by atoms with Crippen molar-refractivity contribution >= 4 is 17.5 Å². The van der Waals surface area contributed by atoms with Gasteiger partial charge in [-0.3, -0.25) is 4.79 Å². The second-order valence-corrected chi connectivity index (χ2v) is 5.77. The molecule has 1 N–H and O–H groups in total. The van der Waals surface area contributed by atoms with Crippen LogP contribution in [-0.4, -0.2) is 43.2 Å². The molecule has 1 fully saturated rings. The first-order valence-corrected chi connectivity index (χ1v) is 8.01. The van der Waals surface area contributed by atoms with E-state index >= 15 is 0 Å². The average molecular weight is 323 g/mol. The lowest BCUT2D eigenvalue weighted by molar-refractivity contribution is -0.146. The third-order valence-corrected chi connectivity index (χ3v) is 4.17. The van der Waals surface area contributed by atoms with E-state index in [0.717, 1.165) is 18.5 Å². The molecule has 4 nitrogen and oxygen atoms in total. The minimum absolute atomic E-state index is 0.00971. The summed E-state index contributed by atoms with van der Waals surface area (Å²) in [5, 5.41) is 4.02. The standard InChI is InChI=1S/C17H23ClN2O2/c1-3-4-11-22-13(2)17(21)20-10-9-19-12-16(20)14-7-5-6-8-15(14)18/h3,5-8,13,16,19H,1,4,9-12H2,2H3. The van der Waals surface area contributed by atoms with E-state index in [9.17, 15) is 4.79 Å². The number of hydrogen-bond donors (Lipinski definition) is 1. The molecule has 1 aromatic rings.